The standard InChI is InChI=1S/C22H24F2N2O4/c1-14-11-18(15(2)26(14)13-17-5-4-10-29-17)21(27)25-9-8-16-6-7-19(28-3)20(12-16)30-22(23)24/h4-7,10-12,22H,8-9,13H2,1-3H3,(H,25,27). The molecule has 160 valence electrons. The summed E-state index contributed by atoms with van der Waals surface area (Å²) in [5.41, 5.74) is 3.14. The molecule has 0 fully saturated rings. The molecule has 0 radical (unpaired) electrons. The van der Waals surface area contributed by atoms with Gasteiger partial charge in [0.2, 0.25) is 0 Å². The minimum atomic E-state index is -2.94. The normalized spacial score (nSPS) is 11.0. The Labute approximate surface area is 173 Å². The van der Waals surface area contributed by atoms with E-state index in [1.54, 1.807) is 18.4 Å². The highest BCUT2D eigenvalue weighted by atomic mass is 19.3. The number of hydrogen-bond donors (Lipinski definition) is 1. The fourth-order valence-electron chi connectivity index (χ4n) is 3.31. The second-order valence-corrected chi connectivity index (χ2v) is 6.82. The summed E-state index contributed by atoms with van der Waals surface area (Å²) < 4.78 is 42.1. The molecular weight excluding hydrogens is 394 g/mol. The maximum Gasteiger partial charge on any atom is 0.387 e. The predicted octanol–water partition coefficient (Wildman–Crippen LogP) is 4.33. The lowest BCUT2D eigenvalue weighted by Crippen LogP contribution is -2.26. The summed E-state index contributed by atoms with van der Waals surface area (Å²) in [5, 5.41) is 2.88. The van der Waals surface area contributed by atoms with Gasteiger partial charge in [0.05, 0.1) is 25.5 Å². The molecule has 30 heavy (non-hydrogen) atoms. The third kappa shape index (κ3) is 5.00. The molecule has 0 spiro atoms. The molecule has 1 amide bonds. The van der Waals surface area contributed by atoms with Gasteiger partial charge < -0.3 is 23.8 Å². The van der Waals surface area contributed by atoms with Gasteiger partial charge in [0.25, 0.3) is 5.91 Å². The molecule has 1 N–H and O–H groups in total. The Kier molecular flexibility index (Phi) is 6.76. The molecule has 0 atom stereocenters. The van der Waals surface area contributed by atoms with Gasteiger partial charge >= 0.3 is 6.61 Å². The fourth-order valence-corrected chi connectivity index (χ4v) is 3.31. The predicted molar refractivity (Wildman–Crippen MR) is 107 cm³/mol. The maximum absolute atomic E-state index is 12.6. The number of amides is 1. The van der Waals surface area contributed by atoms with Crippen LogP contribution in [0.5, 0.6) is 11.5 Å². The van der Waals surface area contributed by atoms with Crippen LogP contribution in [0.1, 0.15) is 33.1 Å². The van der Waals surface area contributed by atoms with Crippen molar-refractivity contribution in [2.45, 2.75) is 33.4 Å². The van der Waals surface area contributed by atoms with Crippen molar-refractivity contribution < 1.29 is 27.5 Å². The second kappa shape index (κ2) is 9.47. The van der Waals surface area contributed by atoms with E-state index >= 15 is 0 Å². The van der Waals surface area contributed by atoms with Crippen molar-refractivity contribution >= 4 is 5.91 Å². The van der Waals surface area contributed by atoms with Crippen LogP contribution in [0.2, 0.25) is 0 Å². The Hall–Kier alpha value is -3.29. The van der Waals surface area contributed by atoms with Crippen LogP contribution in [0.4, 0.5) is 8.78 Å². The molecule has 0 saturated carbocycles. The van der Waals surface area contributed by atoms with Crippen LogP contribution in [-0.4, -0.2) is 30.7 Å². The topological polar surface area (TPSA) is 65.6 Å². The zero-order valence-corrected chi connectivity index (χ0v) is 17.1. The lowest BCUT2D eigenvalue weighted by Gasteiger charge is -2.12. The van der Waals surface area contributed by atoms with Crippen LogP contribution in [-0.2, 0) is 13.0 Å². The highest BCUT2D eigenvalue weighted by Gasteiger charge is 2.16. The van der Waals surface area contributed by atoms with E-state index in [1.165, 1.54) is 13.2 Å². The molecule has 2 heterocycles. The van der Waals surface area contributed by atoms with Crippen LogP contribution in [0, 0.1) is 13.8 Å². The number of halogens is 2. The smallest absolute Gasteiger partial charge is 0.387 e. The molecule has 0 saturated heterocycles. The van der Waals surface area contributed by atoms with Gasteiger partial charge in [-0.3, -0.25) is 4.79 Å². The van der Waals surface area contributed by atoms with Crippen LogP contribution < -0.4 is 14.8 Å². The van der Waals surface area contributed by atoms with Crippen LogP contribution in [0.15, 0.2) is 47.1 Å². The molecule has 0 unspecified atom stereocenters. The van der Waals surface area contributed by atoms with E-state index < -0.39 is 6.61 Å². The summed E-state index contributed by atoms with van der Waals surface area (Å²) in [6.45, 7) is 1.79. The Morgan fingerprint density at radius 3 is 2.67 bits per heavy atom. The highest BCUT2D eigenvalue weighted by Crippen LogP contribution is 2.29. The fraction of sp³-hybridized carbons (Fsp3) is 0.318. The number of benzene rings is 1. The van der Waals surface area contributed by atoms with E-state index in [-0.39, 0.29) is 17.4 Å². The molecule has 2 aromatic heterocycles. The number of nitrogens with one attached hydrogen (secondary N) is 1. The van der Waals surface area contributed by atoms with Gasteiger partial charge in [0.1, 0.15) is 5.76 Å². The number of carbonyl (C=O) groups is 1. The lowest BCUT2D eigenvalue weighted by atomic mass is 10.1. The first-order valence-corrected chi connectivity index (χ1v) is 9.48. The van der Waals surface area contributed by atoms with Crippen molar-refractivity contribution in [1.82, 2.24) is 9.88 Å². The number of ether oxygens (including phenoxy) is 2. The van der Waals surface area contributed by atoms with Gasteiger partial charge in [-0.25, -0.2) is 0 Å². The van der Waals surface area contributed by atoms with Crippen molar-refractivity contribution in [2.75, 3.05) is 13.7 Å². The quantitative estimate of drug-likeness (QED) is 0.562. The zero-order valence-electron chi connectivity index (χ0n) is 17.1. The Morgan fingerprint density at radius 2 is 2.00 bits per heavy atom. The van der Waals surface area contributed by atoms with Crippen LogP contribution >= 0.6 is 0 Å². The first-order valence-electron chi connectivity index (χ1n) is 9.48. The lowest BCUT2D eigenvalue weighted by molar-refractivity contribution is -0.0512. The summed E-state index contributed by atoms with van der Waals surface area (Å²) in [6.07, 6.45) is 2.08. The average molecular weight is 418 g/mol. The summed E-state index contributed by atoms with van der Waals surface area (Å²) >= 11 is 0. The van der Waals surface area contributed by atoms with Gasteiger partial charge in [-0.15, -0.1) is 0 Å². The molecular formula is C22H24F2N2O4. The number of alkyl halides is 2. The minimum absolute atomic E-state index is 0.0298. The largest absolute Gasteiger partial charge is 0.493 e. The maximum atomic E-state index is 12.6. The van der Waals surface area contributed by atoms with Gasteiger partial charge in [-0.1, -0.05) is 6.07 Å². The van der Waals surface area contributed by atoms with E-state index in [0.717, 1.165) is 22.7 Å². The van der Waals surface area contributed by atoms with Crippen LogP contribution in [0.25, 0.3) is 0 Å². The Balaban J connectivity index is 1.62. The molecule has 8 heteroatoms. The molecule has 3 aromatic rings. The van der Waals surface area contributed by atoms with E-state index in [4.69, 9.17) is 9.15 Å². The van der Waals surface area contributed by atoms with Gasteiger partial charge in [-0.05, 0) is 56.2 Å². The number of nitrogens with zero attached hydrogens (tertiary/aromatic N) is 1. The van der Waals surface area contributed by atoms with Crippen molar-refractivity contribution in [1.29, 1.82) is 0 Å². The van der Waals surface area contributed by atoms with Crippen molar-refractivity contribution in [3.63, 3.8) is 0 Å². The number of methoxy groups -OCH3 is 1. The molecule has 3 rings (SSSR count). The Bertz CT molecular complexity index is 997. The zero-order chi connectivity index (χ0) is 21.7. The summed E-state index contributed by atoms with van der Waals surface area (Å²) in [7, 11) is 1.38. The molecule has 0 bridgehead atoms. The summed E-state index contributed by atoms with van der Waals surface area (Å²) in [4.78, 5) is 12.6. The minimum Gasteiger partial charge on any atom is -0.493 e. The SMILES string of the molecule is COc1ccc(CCNC(=O)c2cc(C)n(Cc3ccco3)c2C)cc1OC(F)F. The number of aryl methyl sites for hydroxylation is 1. The number of hydrogen-bond acceptors (Lipinski definition) is 4. The molecule has 1 aromatic carbocycles. The number of carbonyl (C=O) groups excluding carboxylic acids is 1. The monoisotopic (exact) mass is 418 g/mol. The van der Waals surface area contributed by atoms with Gasteiger partial charge in [0.15, 0.2) is 11.5 Å². The number of rotatable bonds is 9. The molecule has 0 aliphatic rings. The number of aromatic nitrogens is 1. The van der Waals surface area contributed by atoms with Crippen molar-refractivity contribution in [3.8, 4) is 11.5 Å². The van der Waals surface area contributed by atoms with Crippen molar-refractivity contribution in [3.05, 3.63) is 70.9 Å². The average Bonchev–Trinajstić information content (AvgIpc) is 3.31. The third-order valence-electron chi connectivity index (χ3n) is 4.86. The van der Waals surface area contributed by atoms with Gasteiger partial charge in [-0.2, -0.15) is 8.78 Å². The van der Waals surface area contributed by atoms with Gasteiger partial charge in [0, 0.05) is 17.9 Å². The van der Waals surface area contributed by atoms with E-state index in [2.05, 4.69) is 10.1 Å². The van der Waals surface area contributed by atoms with E-state index in [1.807, 2.05) is 36.6 Å². The Morgan fingerprint density at radius 1 is 1.20 bits per heavy atom. The van der Waals surface area contributed by atoms with Crippen molar-refractivity contribution in [2.24, 2.45) is 0 Å². The summed E-state index contributed by atoms with van der Waals surface area (Å²) in [6, 6.07) is 10.4. The highest BCUT2D eigenvalue weighted by molar-refractivity contribution is 5.95. The van der Waals surface area contributed by atoms with E-state index in [0.29, 0.717) is 25.1 Å². The number of furan rings is 1. The first kappa shape index (κ1) is 21.4. The van der Waals surface area contributed by atoms with Crippen LogP contribution in [0.3, 0.4) is 0 Å². The molecule has 6 nitrogen and oxygen atoms in total. The first-order chi connectivity index (χ1) is 14.4. The van der Waals surface area contributed by atoms with E-state index in [9.17, 15) is 13.6 Å². The second-order valence-electron chi connectivity index (χ2n) is 6.82. The third-order valence-corrected chi connectivity index (χ3v) is 4.86. The summed E-state index contributed by atoms with van der Waals surface area (Å²) in [5.74, 6) is 0.821. The molecule has 0 aliphatic carbocycles. The molecule has 0 aliphatic heterocycles.